The van der Waals surface area contributed by atoms with Crippen LogP contribution < -0.4 is 10.1 Å². The van der Waals surface area contributed by atoms with Crippen molar-refractivity contribution >= 4 is 23.5 Å². The fraction of sp³-hybridized carbons (Fsp3) is 0.333. The van der Waals surface area contributed by atoms with Crippen LogP contribution in [0, 0.1) is 6.92 Å². The van der Waals surface area contributed by atoms with Gasteiger partial charge in [0.05, 0.1) is 17.9 Å². The number of benzene rings is 1. The second kappa shape index (κ2) is 8.26. The van der Waals surface area contributed by atoms with Gasteiger partial charge in [0.15, 0.2) is 16.8 Å². The van der Waals surface area contributed by atoms with Crippen LogP contribution in [-0.2, 0) is 11.3 Å². The predicted octanol–water partition coefficient (Wildman–Crippen LogP) is 3.39. The molecule has 2 aromatic heterocycles. The predicted molar refractivity (Wildman–Crippen MR) is 103 cm³/mol. The van der Waals surface area contributed by atoms with E-state index in [1.807, 2.05) is 42.7 Å². The Labute approximate surface area is 161 Å². The monoisotopic (exact) mass is 387 g/mol. The maximum absolute atomic E-state index is 12.4. The molecule has 0 aliphatic heterocycles. The third kappa shape index (κ3) is 4.13. The summed E-state index contributed by atoms with van der Waals surface area (Å²) in [7, 11) is 1.62. The van der Waals surface area contributed by atoms with E-state index in [0.717, 1.165) is 11.3 Å². The zero-order valence-electron chi connectivity index (χ0n) is 15.6. The summed E-state index contributed by atoms with van der Waals surface area (Å²) in [6.45, 7) is 6.25. The highest BCUT2D eigenvalue weighted by molar-refractivity contribution is 8.00. The van der Waals surface area contributed by atoms with Gasteiger partial charge in [-0.2, -0.15) is 0 Å². The highest BCUT2D eigenvalue weighted by Crippen LogP contribution is 2.32. The van der Waals surface area contributed by atoms with Crippen molar-refractivity contribution < 1.29 is 14.1 Å². The quantitative estimate of drug-likeness (QED) is 0.621. The van der Waals surface area contributed by atoms with Crippen molar-refractivity contribution in [2.45, 2.75) is 37.7 Å². The molecule has 1 N–H and O–H groups in total. The molecule has 1 atom stereocenters. The Balaban J connectivity index is 1.79. The van der Waals surface area contributed by atoms with E-state index in [2.05, 4.69) is 20.7 Å². The van der Waals surface area contributed by atoms with Crippen LogP contribution in [0.4, 0.5) is 5.82 Å². The van der Waals surface area contributed by atoms with Crippen molar-refractivity contribution in [1.82, 2.24) is 19.9 Å². The molecule has 3 rings (SSSR count). The Hall–Kier alpha value is -2.81. The number of thioether (sulfide) groups is 1. The van der Waals surface area contributed by atoms with E-state index in [1.54, 1.807) is 20.1 Å². The molecule has 142 valence electrons. The second-order valence-electron chi connectivity index (χ2n) is 5.82. The maximum atomic E-state index is 12.4. The van der Waals surface area contributed by atoms with Crippen LogP contribution in [-0.4, -0.2) is 38.2 Å². The lowest BCUT2D eigenvalue weighted by Gasteiger charge is -2.12. The number of methoxy groups -OCH3 is 1. The van der Waals surface area contributed by atoms with E-state index in [0.29, 0.717) is 29.1 Å². The number of hydrogen-bond acceptors (Lipinski definition) is 7. The standard InChI is InChI=1S/C18H21N5O3S/c1-5-23-16(13-8-6-7-9-14(13)25-4)20-21-18(23)27-12(3)17(24)19-15-10-11(2)26-22-15/h6-10,12H,5H2,1-4H3,(H,19,22,24). The van der Waals surface area contributed by atoms with Gasteiger partial charge in [-0.1, -0.05) is 29.1 Å². The van der Waals surface area contributed by atoms with E-state index in [-0.39, 0.29) is 11.2 Å². The van der Waals surface area contributed by atoms with Crippen molar-refractivity contribution in [2.75, 3.05) is 12.4 Å². The van der Waals surface area contributed by atoms with Gasteiger partial charge < -0.3 is 19.1 Å². The molecule has 1 aromatic carbocycles. The third-order valence-corrected chi connectivity index (χ3v) is 4.99. The summed E-state index contributed by atoms with van der Waals surface area (Å²) in [5.41, 5.74) is 0.858. The molecule has 2 heterocycles. The van der Waals surface area contributed by atoms with Gasteiger partial charge in [0.1, 0.15) is 11.5 Å². The van der Waals surface area contributed by atoms with Crippen LogP contribution >= 0.6 is 11.8 Å². The van der Waals surface area contributed by atoms with Crippen molar-refractivity contribution in [3.8, 4) is 17.1 Å². The minimum absolute atomic E-state index is 0.183. The fourth-order valence-corrected chi connectivity index (χ4v) is 3.47. The van der Waals surface area contributed by atoms with Gasteiger partial charge in [0, 0.05) is 12.6 Å². The zero-order chi connectivity index (χ0) is 19.4. The number of carbonyl (C=O) groups is 1. The number of rotatable bonds is 7. The molecule has 27 heavy (non-hydrogen) atoms. The van der Waals surface area contributed by atoms with Crippen LogP contribution in [0.5, 0.6) is 5.75 Å². The molecule has 1 unspecified atom stereocenters. The van der Waals surface area contributed by atoms with Crippen molar-refractivity contribution in [3.63, 3.8) is 0 Å². The Morgan fingerprint density at radius 1 is 1.37 bits per heavy atom. The molecule has 0 aliphatic carbocycles. The van der Waals surface area contributed by atoms with Crippen molar-refractivity contribution in [1.29, 1.82) is 0 Å². The lowest BCUT2D eigenvalue weighted by molar-refractivity contribution is -0.115. The number of hydrogen-bond donors (Lipinski definition) is 1. The van der Waals surface area contributed by atoms with E-state index < -0.39 is 0 Å². The zero-order valence-corrected chi connectivity index (χ0v) is 16.4. The number of nitrogens with one attached hydrogen (secondary N) is 1. The number of carbonyl (C=O) groups excluding carboxylic acids is 1. The first kappa shape index (κ1) is 19.0. The Morgan fingerprint density at radius 3 is 2.81 bits per heavy atom. The Kier molecular flexibility index (Phi) is 5.80. The summed E-state index contributed by atoms with van der Waals surface area (Å²) >= 11 is 1.34. The molecule has 9 heteroatoms. The molecule has 0 bridgehead atoms. The van der Waals surface area contributed by atoms with Gasteiger partial charge in [0.25, 0.3) is 0 Å². The molecule has 0 fully saturated rings. The van der Waals surface area contributed by atoms with E-state index in [9.17, 15) is 4.79 Å². The van der Waals surface area contributed by atoms with Gasteiger partial charge in [-0.25, -0.2) is 0 Å². The summed E-state index contributed by atoms with van der Waals surface area (Å²) in [5.74, 6) is 2.28. The number of amides is 1. The molecule has 0 saturated carbocycles. The SMILES string of the molecule is CCn1c(SC(C)C(=O)Nc2cc(C)on2)nnc1-c1ccccc1OC. The summed E-state index contributed by atoms with van der Waals surface area (Å²) in [4.78, 5) is 12.4. The molecule has 0 aliphatic rings. The van der Waals surface area contributed by atoms with Crippen molar-refractivity contribution in [3.05, 3.63) is 36.1 Å². The molecular formula is C18H21N5O3S. The van der Waals surface area contributed by atoms with E-state index in [4.69, 9.17) is 9.26 Å². The average molecular weight is 387 g/mol. The molecular weight excluding hydrogens is 366 g/mol. The van der Waals surface area contributed by atoms with Gasteiger partial charge in [0.2, 0.25) is 5.91 Å². The number of aromatic nitrogens is 4. The lowest BCUT2D eigenvalue weighted by Crippen LogP contribution is -2.23. The summed E-state index contributed by atoms with van der Waals surface area (Å²) in [6, 6.07) is 9.32. The molecule has 1 amide bonds. The van der Waals surface area contributed by atoms with Crippen LogP contribution in [0.15, 0.2) is 40.0 Å². The first-order valence-corrected chi connectivity index (χ1v) is 9.38. The van der Waals surface area contributed by atoms with E-state index >= 15 is 0 Å². The first-order chi connectivity index (χ1) is 13.0. The molecule has 8 nitrogen and oxygen atoms in total. The van der Waals surface area contributed by atoms with Crippen molar-refractivity contribution in [2.24, 2.45) is 0 Å². The number of anilines is 1. The van der Waals surface area contributed by atoms with Crippen LogP contribution in [0.25, 0.3) is 11.4 Å². The summed E-state index contributed by atoms with van der Waals surface area (Å²) < 4.78 is 12.4. The summed E-state index contributed by atoms with van der Waals surface area (Å²) in [6.07, 6.45) is 0. The van der Waals surface area contributed by atoms with Crippen LogP contribution in [0.1, 0.15) is 19.6 Å². The minimum Gasteiger partial charge on any atom is -0.496 e. The highest BCUT2D eigenvalue weighted by atomic mass is 32.2. The number of ether oxygens (including phenoxy) is 1. The van der Waals surface area contributed by atoms with Crippen LogP contribution in [0.3, 0.4) is 0 Å². The fourth-order valence-electron chi connectivity index (χ4n) is 2.55. The van der Waals surface area contributed by atoms with Gasteiger partial charge in [-0.3, -0.25) is 4.79 Å². The highest BCUT2D eigenvalue weighted by Gasteiger charge is 2.22. The van der Waals surface area contributed by atoms with Gasteiger partial charge in [-0.15, -0.1) is 10.2 Å². The molecule has 3 aromatic rings. The Morgan fingerprint density at radius 2 is 2.15 bits per heavy atom. The first-order valence-electron chi connectivity index (χ1n) is 8.51. The number of para-hydroxylation sites is 1. The van der Waals surface area contributed by atoms with Gasteiger partial charge >= 0.3 is 0 Å². The maximum Gasteiger partial charge on any atom is 0.238 e. The van der Waals surface area contributed by atoms with Crippen LogP contribution in [0.2, 0.25) is 0 Å². The smallest absolute Gasteiger partial charge is 0.238 e. The molecule has 0 saturated heterocycles. The average Bonchev–Trinajstić information content (AvgIpc) is 3.27. The van der Waals surface area contributed by atoms with E-state index in [1.165, 1.54) is 11.8 Å². The summed E-state index contributed by atoms with van der Waals surface area (Å²) in [5, 5.41) is 15.4. The third-order valence-electron chi connectivity index (χ3n) is 3.91. The lowest BCUT2D eigenvalue weighted by atomic mass is 10.2. The largest absolute Gasteiger partial charge is 0.496 e. The Bertz CT molecular complexity index is 937. The minimum atomic E-state index is -0.387. The topological polar surface area (TPSA) is 95.1 Å². The number of nitrogens with zero attached hydrogens (tertiary/aromatic N) is 4. The normalized spacial score (nSPS) is 12.0. The molecule has 0 spiro atoms. The second-order valence-corrected chi connectivity index (χ2v) is 7.13. The van der Waals surface area contributed by atoms with Gasteiger partial charge in [-0.05, 0) is 32.9 Å². The molecule has 0 radical (unpaired) electrons. The number of aryl methyl sites for hydroxylation is 1.